The van der Waals surface area contributed by atoms with Gasteiger partial charge >= 0.3 is 0 Å². The van der Waals surface area contributed by atoms with Crippen LogP contribution >= 0.6 is 0 Å². The van der Waals surface area contributed by atoms with Gasteiger partial charge in [0.1, 0.15) is 5.69 Å². The molecule has 98 valence electrons. The first-order valence-electron chi connectivity index (χ1n) is 6.82. The van der Waals surface area contributed by atoms with Gasteiger partial charge < -0.3 is 5.11 Å². The molecule has 0 bridgehead atoms. The van der Waals surface area contributed by atoms with Crippen molar-refractivity contribution in [3.63, 3.8) is 0 Å². The van der Waals surface area contributed by atoms with Crippen molar-refractivity contribution in [3.8, 4) is 5.75 Å². The van der Waals surface area contributed by atoms with Crippen molar-refractivity contribution in [1.82, 2.24) is 9.78 Å². The molecular formula is C14H26N2O. The molecule has 0 fully saturated rings. The SMILES string of the molecule is CCCCn1nc(C(C)C)c(O)c1C(C)CC. The second-order valence-electron chi connectivity index (χ2n) is 5.16. The van der Waals surface area contributed by atoms with E-state index in [0.29, 0.717) is 11.7 Å². The number of aromatic nitrogens is 2. The lowest BCUT2D eigenvalue weighted by atomic mass is 10.0. The number of nitrogens with zero attached hydrogens (tertiary/aromatic N) is 2. The molecule has 1 atom stereocenters. The Labute approximate surface area is 105 Å². The van der Waals surface area contributed by atoms with Gasteiger partial charge in [0.05, 0.1) is 5.69 Å². The molecule has 17 heavy (non-hydrogen) atoms. The zero-order valence-electron chi connectivity index (χ0n) is 11.8. The smallest absolute Gasteiger partial charge is 0.160 e. The number of aromatic hydroxyl groups is 1. The number of hydrogen-bond donors (Lipinski definition) is 1. The Morgan fingerprint density at radius 2 is 1.88 bits per heavy atom. The molecule has 3 nitrogen and oxygen atoms in total. The summed E-state index contributed by atoms with van der Waals surface area (Å²) in [6, 6.07) is 0. The Morgan fingerprint density at radius 3 is 2.35 bits per heavy atom. The van der Waals surface area contributed by atoms with Crippen molar-refractivity contribution in [2.75, 3.05) is 0 Å². The highest BCUT2D eigenvalue weighted by atomic mass is 16.3. The van der Waals surface area contributed by atoms with Crippen LogP contribution in [0.4, 0.5) is 0 Å². The second kappa shape index (κ2) is 6.08. The van der Waals surface area contributed by atoms with E-state index in [1.165, 1.54) is 0 Å². The summed E-state index contributed by atoms with van der Waals surface area (Å²) in [5.74, 6) is 1.07. The minimum Gasteiger partial charge on any atom is -0.504 e. The molecule has 0 amide bonds. The molecule has 0 aromatic carbocycles. The van der Waals surface area contributed by atoms with Crippen LogP contribution in [0.2, 0.25) is 0 Å². The average molecular weight is 238 g/mol. The lowest BCUT2D eigenvalue weighted by molar-refractivity contribution is 0.444. The third-order valence-electron chi connectivity index (χ3n) is 3.34. The van der Waals surface area contributed by atoms with E-state index in [1.807, 2.05) is 4.68 Å². The van der Waals surface area contributed by atoms with E-state index >= 15 is 0 Å². The minimum atomic E-state index is 0.278. The minimum absolute atomic E-state index is 0.278. The molecule has 1 unspecified atom stereocenters. The Balaban J connectivity index is 3.12. The lowest BCUT2D eigenvalue weighted by Gasteiger charge is -2.12. The van der Waals surface area contributed by atoms with Gasteiger partial charge in [-0.05, 0) is 12.8 Å². The first kappa shape index (κ1) is 14.1. The fourth-order valence-electron chi connectivity index (χ4n) is 2.03. The molecule has 0 aliphatic rings. The van der Waals surface area contributed by atoms with E-state index < -0.39 is 0 Å². The third-order valence-corrected chi connectivity index (χ3v) is 3.34. The fraction of sp³-hybridized carbons (Fsp3) is 0.786. The van der Waals surface area contributed by atoms with Crippen LogP contribution in [0.15, 0.2) is 0 Å². The van der Waals surface area contributed by atoms with Gasteiger partial charge in [0.2, 0.25) is 0 Å². The van der Waals surface area contributed by atoms with Gasteiger partial charge in [0.15, 0.2) is 5.75 Å². The molecule has 1 heterocycles. The van der Waals surface area contributed by atoms with Crippen molar-refractivity contribution >= 4 is 0 Å². The summed E-state index contributed by atoms with van der Waals surface area (Å²) in [6.45, 7) is 11.5. The molecule has 1 rings (SSSR count). The summed E-state index contributed by atoms with van der Waals surface area (Å²) in [4.78, 5) is 0. The molecule has 1 aromatic rings. The zero-order valence-corrected chi connectivity index (χ0v) is 11.8. The Kier molecular flexibility index (Phi) is 5.03. The van der Waals surface area contributed by atoms with Crippen molar-refractivity contribution in [3.05, 3.63) is 11.4 Å². The van der Waals surface area contributed by atoms with Gasteiger partial charge in [-0.3, -0.25) is 4.68 Å². The number of hydrogen-bond acceptors (Lipinski definition) is 2. The number of rotatable bonds is 6. The summed E-state index contributed by atoms with van der Waals surface area (Å²) in [7, 11) is 0. The first-order valence-corrected chi connectivity index (χ1v) is 6.82. The van der Waals surface area contributed by atoms with Crippen LogP contribution in [0.3, 0.4) is 0 Å². The summed E-state index contributed by atoms with van der Waals surface area (Å²) in [6.07, 6.45) is 3.29. The van der Waals surface area contributed by atoms with Gasteiger partial charge in [-0.1, -0.05) is 41.0 Å². The Hall–Kier alpha value is -0.990. The summed E-state index contributed by atoms with van der Waals surface area (Å²) < 4.78 is 2.02. The van der Waals surface area contributed by atoms with Crippen molar-refractivity contribution in [1.29, 1.82) is 0 Å². The first-order chi connectivity index (χ1) is 8.02. The molecule has 0 saturated carbocycles. The largest absolute Gasteiger partial charge is 0.504 e. The van der Waals surface area contributed by atoms with Crippen LogP contribution in [-0.4, -0.2) is 14.9 Å². The van der Waals surface area contributed by atoms with Crippen LogP contribution in [0, 0.1) is 0 Å². The zero-order chi connectivity index (χ0) is 13.0. The van der Waals surface area contributed by atoms with E-state index in [2.05, 4.69) is 39.7 Å². The van der Waals surface area contributed by atoms with Crippen molar-refractivity contribution < 1.29 is 5.11 Å². The third kappa shape index (κ3) is 3.02. The van der Waals surface area contributed by atoms with E-state index in [4.69, 9.17) is 0 Å². The van der Waals surface area contributed by atoms with Crippen LogP contribution < -0.4 is 0 Å². The summed E-state index contributed by atoms with van der Waals surface area (Å²) >= 11 is 0. The predicted molar refractivity (Wildman–Crippen MR) is 71.6 cm³/mol. The average Bonchev–Trinajstić information content (AvgIpc) is 2.62. The quantitative estimate of drug-likeness (QED) is 0.812. The van der Waals surface area contributed by atoms with Crippen molar-refractivity contribution in [2.24, 2.45) is 0 Å². The molecule has 1 N–H and O–H groups in total. The number of unbranched alkanes of at least 4 members (excludes halogenated alkanes) is 1. The standard InChI is InChI=1S/C14H26N2O/c1-6-8-9-16-13(11(5)7-2)14(17)12(15-16)10(3)4/h10-11,17H,6-9H2,1-5H3. The van der Waals surface area contributed by atoms with Gasteiger partial charge in [-0.2, -0.15) is 5.10 Å². The van der Waals surface area contributed by atoms with Gasteiger partial charge in [0, 0.05) is 18.4 Å². The fourth-order valence-corrected chi connectivity index (χ4v) is 2.03. The van der Waals surface area contributed by atoms with E-state index in [0.717, 1.165) is 37.2 Å². The summed E-state index contributed by atoms with van der Waals surface area (Å²) in [5, 5.41) is 14.9. The molecule has 3 heteroatoms. The maximum Gasteiger partial charge on any atom is 0.160 e. The van der Waals surface area contributed by atoms with E-state index in [1.54, 1.807) is 0 Å². The molecule has 0 radical (unpaired) electrons. The normalized spacial score (nSPS) is 13.3. The molecule has 0 aliphatic heterocycles. The van der Waals surface area contributed by atoms with Gasteiger partial charge in [-0.25, -0.2) is 0 Å². The lowest BCUT2D eigenvalue weighted by Crippen LogP contribution is -2.07. The molecular weight excluding hydrogens is 212 g/mol. The highest BCUT2D eigenvalue weighted by Crippen LogP contribution is 2.34. The monoisotopic (exact) mass is 238 g/mol. The highest BCUT2D eigenvalue weighted by molar-refractivity contribution is 5.36. The van der Waals surface area contributed by atoms with E-state index in [-0.39, 0.29) is 5.92 Å². The predicted octanol–water partition coefficient (Wildman–Crippen LogP) is 4.03. The molecule has 0 aliphatic carbocycles. The Morgan fingerprint density at radius 1 is 1.24 bits per heavy atom. The van der Waals surface area contributed by atoms with Crippen LogP contribution in [0.25, 0.3) is 0 Å². The van der Waals surface area contributed by atoms with E-state index in [9.17, 15) is 5.11 Å². The Bertz CT molecular complexity index is 355. The van der Waals surface area contributed by atoms with Crippen LogP contribution in [-0.2, 0) is 6.54 Å². The van der Waals surface area contributed by atoms with Crippen LogP contribution in [0.5, 0.6) is 5.75 Å². The van der Waals surface area contributed by atoms with Crippen molar-refractivity contribution in [2.45, 2.75) is 72.3 Å². The maximum absolute atomic E-state index is 10.3. The maximum atomic E-state index is 10.3. The number of aryl methyl sites for hydroxylation is 1. The topological polar surface area (TPSA) is 38.0 Å². The van der Waals surface area contributed by atoms with Gasteiger partial charge in [0.25, 0.3) is 0 Å². The molecule has 1 aromatic heterocycles. The van der Waals surface area contributed by atoms with Gasteiger partial charge in [-0.15, -0.1) is 0 Å². The summed E-state index contributed by atoms with van der Waals surface area (Å²) in [5.41, 5.74) is 1.86. The molecule has 0 spiro atoms. The second-order valence-corrected chi connectivity index (χ2v) is 5.16. The molecule has 0 saturated heterocycles. The van der Waals surface area contributed by atoms with Crippen LogP contribution in [0.1, 0.15) is 77.1 Å². The highest BCUT2D eigenvalue weighted by Gasteiger charge is 2.22.